The third-order valence-corrected chi connectivity index (χ3v) is 2.66. The molecule has 0 heterocycles. The number of hydrogen-bond acceptors (Lipinski definition) is 2. The number of aryl methyl sites for hydroxylation is 1. The Morgan fingerprint density at radius 3 is 2.33 bits per heavy atom. The lowest BCUT2D eigenvalue weighted by atomic mass is 10.1. The van der Waals surface area contributed by atoms with E-state index in [4.69, 9.17) is 16.7 Å². The molecule has 3 heteroatoms. The number of unbranched alkanes of at least 4 members (excludes halogenated alkanes) is 3. The first-order chi connectivity index (χ1) is 7.24. The van der Waals surface area contributed by atoms with Crippen LogP contribution in [0.15, 0.2) is 18.2 Å². The van der Waals surface area contributed by atoms with Crippen LogP contribution in [0, 0.1) is 0 Å². The number of rotatable bonds is 6. The first-order valence-electron chi connectivity index (χ1n) is 5.31. The molecule has 1 aromatic carbocycles. The fraction of sp³-hybridized carbons (Fsp3) is 0.500. The van der Waals surface area contributed by atoms with Crippen LogP contribution in [-0.4, -0.2) is 16.1 Å². The van der Waals surface area contributed by atoms with Crippen LogP contribution in [0.2, 0.25) is 0 Å². The highest BCUT2D eigenvalue weighted by molar-refractivity contribution is 6.17. The maximum absolute atomic E-state index is 9.27. The fourth-order valence-corrected chi connectivity index (χ4v) is 1.69. The van der Waals surface area contributed by atoms with E-state index in [0.29, 0.717) is 0 Å². The predicted molar refractivity (Wildman–Crippen MR) is 62.7 cm³/mol. The molecule has 15 heavy (non-hydrogen) atoms. The van der Waals surface area contributed by atoms with E-state index in [1.807, 2.05) is 6.07 Å². The Kier molecular flexibility index (Phi) is 5.33. The largest absolute Gasteiger partial charge is 0.504 e. The Hall–Kier alpha value is -0.890. The summed E-state index contributed by atoms with van der Waals surface area (Å²) in [6.45, 7) is 0. The highest BCUT2D eigenvalue weighted by atomic mass is 35.5. The summed E-state index contributed by atoms with van der Waals surface area (Å²) in [6, 6.07) is 5.00. The van der Waals surface area contributed by atoms with Crippen molar-refractivity contribution in [3.63, 3.8) is 0 Å². The van der Waals surface area contributed by atoms with Crippen LogP contribution >= 0.6 is 11.6 Å². The van der Waals surface area contributed by atoms with E-state index in [9.17, 15) is 5.11 Å². The number of phenols is 2. The number of alkyl halides is 1. The van der Waals surface area contributed by atoms with Crippen LogP contribution in [0.1, 0.15) is 31.2 Å². The van der Waals surface area contributed by atoms with Gasteiger partial charge in [-0.25, -0.2) is 0 Å². The van der Waals surface area contributed by atoms with Crippen molar-refractivity contribution >= 4 is 11.6 Å². The van der Waals surface area contributed by atoms with E-state index >= 15 is 0 Å². The molecule has 0 aliphatic carbocycles. The van der Waals surface area contributed by atoms with Gasteiger partial charge in [0.15, 0.2) is 11.5 Å². The van der Waals surface area contributed by atoms with Gasteiger partial charge in [0.2, 0.25) is 0 Å². The van der Waals surface area contributed by atoms with Crippen molar-refractivity contribution in [1.29, 1.82) is 0 Å². The van der Waals surface area contributed by atoms with Crippen molar-refractivity contribution in [3.8, 4) is 11.5 Å². The Balaban J connectivity index is 2.28. The van der Waals surface area contributed by atoms with Gasteiger partial charge in [0.05, 0.1) is 0 Å². The van der Waals surface area contributed by atoms with Crippen molar-refractivity contribution in [2.24, 2.45) is 0 Å². The second-order valence-corrected chi connectivity index (χ2v) is 4.05. The lowest BCUT2D eigenvalue weighted by Crippen LogP contribution is -1.86. The Morgan fingerprint density at radius 2 is 1.67 bits per heavy atom. The summed E-state index contributed by atoms with van der Waals surface area (Å²) in [7, 11) is 0. The average molecular weight is 229 g/mol. The number of phenolic OH excluding ortho intramolecular Hbond substituents is 2. The van der Waals surface area contributed by atoms with Crippen LogP contribution < -0.4 is 0 Å². The molecule has 0 radical (unpaired) electrons. The molecule has 0 bridgehead atoms. The zero-order valence-electron chi connectivity index (χ0n) is 8.75. The minimum absolute atomic E-state index is 0.0340. The number of aromatic hydroxyl groups is 2. The Bertz CT molecular complexity index is 300. The molecule has 0 aliphatic rings. The molecule has 0 saturated carbocycles. The minimum atomic E-state index is -0.0547. The summed E-state index contributed by atoms with van der Waals surface area (Å²) in [4.78, 5) is 0. The zero-order valence-corrected chi connectivity index (χ0v) is 9.50. The molecule has 0 aliphatic heterocycles. The molecule has 1 rings (SSSR count). The maximum Gasteiger partial charge on any atom is 0.157 e. The summed E-state index contributed by atoms with van der Waals surface area (Å²) in [5.74, 6) is 0.647. The van der Waals surface area contributed by atoms with Crippen LogP contribution in [0.25, 0.3) is 0 Å². The molecular weight excluding hydrogens is 212 g/mol. The second-order valence-electron chi connectivity index (χ2n) is 3.68. The van der Waals surface area contributed by atoms with Gasteiger partial charge in [0.25, 0.3) is 0 Å². The molecule has 2 nitrogen and oxygen atoms in total. The zero-order chi connectivity index (χ0) is 11.1. The Morgan fingerprint density at radius 1 is 0.933 bits per heavy atom. The van der Waals surface area contributed by atoms with Crippen molar-refractivity contribution in [3.05, 3.63) is 23.8 Å². The predicted octanol–water partition coefficient (Wildman–Crippen LogP) is 3.44. The summed E-state index contributed by atoms with van der Waals surface area (Å²) in [6.07, 6.45) is 5.43. The smallest absolute Gasteiger partial charge is 0.157 e. The lowest BCUT2D eigenvalue weighted by Gasteiger charge is -2.03. The molecule has 84 valence electrons. The molecule has 0 atom stereocenters. The molecule has 0 spiro atoms. The topological polar surface area (TPSA) is 40.5 Å². The first kappa shape index (κ1) is 12.2. The summed E-state index contributed by atoms with van der Waals surface area (Å²) in [5, 5.41) is 18.4. The molecule has 0 aromatic heterocycles. The molecule has 0 amide bonds. The van der Waals surface area contributed by atoms with Crippen LogP contribution in [0.4, 0.5) is 0 Å². The van der Waals surface area contributed by atoms with E-state index in [2.05, 4.69) is 0 Å². The van der Waals surface area contributed by atoms with Crippen molar-refractivity contribution in [1.82, 2.24) is 0 Å². The van der Waals surface area contributed by atoms with Crippen LogP contribution in [0.3, 0.4) is 0 Å². The number of hydrogen-bond donors (Lipinski definition) is 2. The van der Waals surface area contributed by atoms with Crippen LogP contribution in [-0.2, 0) is 6.42 Å². The van der Waals surface area contributed by atoms with Crippen molar-refractivity contribution < 1.29 is 10.2 Å². The summed E-state index contributed by atoms with van der Waals surface area (Å²) in [5.41, 5.74) is 1.07. The van der Waals surface area contributed by atoms with E-state index in [1.165, 1.54) is 6.07 Å². The van der Waals surface area contributed by atoms with Crippen molar-refractivity contribution in [2.45, 2.75) is 32.1 Å². The van der Waals surface area contributed by atoms with Gasteiger partial charge in [0.1, 0.15) is 0 Å². The highest BCUT2D eigenvalue weighted by Crippen LogP contribution is 2.25. The van der Waals surface area contributed by atoms with E-state index in [1.54, 1.807) is 6.07 Å². The number of halogens is 1. The highest BCUT2D eigenvalue weighted by Gasteiger charge is 2.00. The molecule has 0 fully saturated rings. The summed E-state index contributed by atoms with van der Waals surface area (Å²) < 4.78 is 0. The maximum atomic E-state index is 9.27. The van der Waals surface area contributed by atoms with Gasteiger partial charge in [-0.2, -0.15) is 0 Å². The monoisotopic (exact) mass is 228 g/mol. The molecule has 1 aromatic rings. The lowest BCUT2D eigenvalue weighted by molar-refractivity contribution is 0.403. The second kappa shape index (κ2) is 6.57. The minimum Gasteiger partial charge on any atom is -0.504 e. The molecular formula is C12H17ClO2. The fourth-order valence-electron chi connectivity index (χ4n) is 1.50. The third kappa shape index (κ3) is 4.43. The number of benzene rings is 1. The van der Waals surface area contributed by atoms with Gasteiger partial charge in [-0.1, -0.05) is 18.9 Å². The standard InChI is InChI=1S/C12H17ClO2/c13-8-4-2-1-3-5-10-6-7-11(14)12(15)9-10/h6-7,9,14-15H,1-5,8H2. The SMILES string of the molecule is Oc1ccc(CCCCCCCl)cc1O. The van der Waals surface area contributed by atoms with Crippen LogP contribution in [0.5, 0.6) is 11.5 Å². The molecule has 0 saturated heterocycles. The normalized spacial score (nSPS) is 10.5. The quantitative estimate of drug-likeness (QED) is 0.445. The van der Waals surface area contributed by atoms with Gasteiger partial charge in [-0.15, -0.1) is 11.6 Å². The molecule has 2 N–H and O–H groups in total. The van der Waals surface area contributed by atoms with Gasteiger partial charge in [-0.3, -0.25) is 0 Å². The van der Waals surface area contributed by atoms with E-state index in [-0.39, 0.29) is 11.5 Å². The van der Waals surface area contributed by atoms with E-state index in [0.717, 1.165) is 43.5 Å². The third-order valence-electron chi connectivity index (χ3n) is 2.39. The summed E-state index contributed by atoms with van der Waals surface area (Å²) >= 11 is 5.57. The average Bonchev–Trinajstić information content (AvgIpc) is 2.23. The van der Waals surface area contributed by atoms with E-state index < -0.39 is 0 Å². The van der Waals surface area contributed by atoms with Crippen molar-refractivity contribution in [2.75, 3.05) is 5.88 Å². The van der Waals surface area contributed by atoms with Gasteiger partial charge < -0.3 is 10.2 Å². The van der Waals surface area contributed by atoms with Gasteiger partial charge in [-0.05, 0) is 37.0 Å². The first-order valence-corrected chi connectivity index (χ1v) is 5.84. The Labute approximate surface area is 95.5 Å². The van der Waals surface area contributed by atoms with Gasteiger partial charge in [0, 0.05) is 5.88 Å². The molecule has 0 unspecified atom stereocenters. The van der Waals surface area contributed by atoms with Gasteiger partial charge >= 0.3 is 0 Å².